The van der Waals surface area contributed by atoms with E-state index in [1.54, 1.807) is 0 Å². The lowest BCUT2D eigenvalue weighted by Gasteiger charge is -2.42. The van der Waals surface area contributed by atoms with Gasteiger partial charge in [-0.25, -0.2) is 8.42 Å². The van der Waals surface area contributed by atoms with Crippen molar-refractivity contribution in [1.29, 1.82) is 0 Å². The molecular weight excluding hydrogens is 645 g/mol. The number of amides is 1. The summed E-state index contributed by atoms with van der Waals surface area (Å²) in [6.45, 7) is 4.44. The van der Waals surface area contributed by atoms with Crippen molar-refractivity contribution in [3.05, 3.63) is 63.1 Å². The predicted octanol–water partition coefficient (Wildman–Crippen LogP) is 6.20. The minimum atomic E-state index is -3.98. The number of benzene rings is 2. The van der Waals surface area contributed by atoms with Crippen LogP contribution in [0, 0.1) is 11.8 Å². The van der Waals surface area contributed by atoms with Crippen molar-refractivity contribution >= 4 is 50.7 Å². The molecule has 8 nitrogen and oxygen atoms in total. The van der Waals surface area contributed by atoms with Crippen LogP contribution < -0.4 is 5.32 Å². The van der Waals surface area contributed by atoms with E-state index in [2.05, 4.69) is 40.5 Å². The van der Waals surface area contributed by atoms with Crippen LogP contribution in [0.5, 0.6) is 0 Å². The highest BCUT2D eigenvalue weighted by atomic mass is 35.5. The highest BCUT2D eigenvalue weighted by Gasteiger charge is 2.37. The number of morpholine rings is 1. The van der Waals surface area contributed by atoms with Crippen LogP contribution in [-0.4, -0.2) is 82.2 Å². The van der Waals surface area contributed by atoms with Crippen LogP contribution in [0.1, 0.15) is 56.6 Å². The second-order valence-electron chi connectivity index (χ2n) is 12.1. The van der Waals surface area contributed by atoms with Gasteiger partial charge in [-0.2, -0.15) is 4.31 Å². The van der Waals surface area contributed by atoms with E-state index < -0.39 is 16.1 Å². The zero-order valence-electron chi connectivity index (χ0n) is 24.9. The van der Waals surface area contributed by atoms with Crippen molar-refractivity contribution < 1.29 is 22.7 Å². The lowest BCUT2D eigenvalue weighted by Crippen LogP contribution is -2.46. The minimum Gasteiger partial charge on any atom is -0.379 e. The van der Waals surface area contributed by atoms with Crippen molar-refractivity contribution in [3.8, 4) is 0 Å². The van der Waals surface area contributed by atoms with Gasteiger partial charge >= 0.3 is 0 Å². The first-order valence-corrected chi connectivity index (χ1v) is 18.2. The van der Waals surface area contributed by atoms with Crippen LogP contribution in [-0.2, 0) is 24.3 Å². The van der Waals surface area contributed by atoms with Gasteiger partial charge in [0.25, 0.3) is 0 Å². The Bertz CT molecular complexity index is 1330. The van der Waals surface area contributed by atoms with Gasteiger partial charge in [0.05, 0.1) is 29.9 Å². The van der Waals surface area contributed by atoms with Gasteiger partial charge in [0.1, 0.15) is 11.5 Å². The van der Waals surface area contributed by atoms with E-state index in [1.165, 1.54) is 22.0 Å². The fourth-order valence-corrected chi connectivity index (χ4v) is 10.1. The fraction of sp³-hybridized carbons (Fsp3) is 0.594. The number of hydrogen-bond acceptors (Lipinski definition) is 6. The molecule has 242 valence electrons. The molecule has 3 aliphatic rings. The molecule has 0 aromatic heterocycles. The van der Waals surface area contributed by atoms with Gasteiger partial charge < -0.3 is 14.8 Å². The highest BCUT2D eigenvalue weighted by molar-refractivity contribution is 7.89. The topological polar surface area (TPSA) is 88.2 Å². The molecule has 3 fully saturated rings. The summed E-state index contributed by atoms with van der Waals surface area (Å²) in [4.78, 5) is 15.1. The standard InChI is InChI=1S/C32H42Cl3N3O5S/c33-26-18-28(34)32(29(35)19-26)44(40,41)38-13-5-4-8-27(38)21-43-22-30(39)36-20-23-9-11-25(12-10-23)31(24-6-2-1-3-7-24)37-14-16-42-17-15-37/h1-3,6-7,18-19,23,25,27,31H,4-5,8-17,20-22H2,(H,36,39). The third kappa shape index (κ3) is 8.48. The minimum absolute atomic E-state index is 0.0159. The Morgan fingerprint density at radius 2 is 1.64 bits per heavy atom. The van der Waals surface area contributed by atoms with E-state index in [1.807, 2.05) is 0 Å². The van der Waals surface area contributed by atoms with Crippen molar-refractivity contribution in [1.82, 2.24) is 14.5 Å². The van der Waals surface area contributed by atoms with Crippen LogP contribution in [0.4, 0.5) is 0 Å². The molecule has 2 aromatic carbocycles. The Balaban J connectivity index is 1.08. The van der Waals surface area contributed by atoms with E-state index in [0.29, 0.717) is 37.4 Å². The maximum Gasteiger partial charge on any atom is 0.246 e. The Morgan fingerprint density at radius 3 is 2.32 bits per heavy atom. The average molecular weight is 687 g/mol. The van der Waals surface area contributed by atoms with Gasteiger partial charge in [-0.3, -0.25) is 9.69 Å². The van der Waals surface area contributed by atoms with E-state index in [9.17, 15) is 13.2 Å². The fourth-order valence-electron chi connectivity index (χ4n) is 6.94. The molecule has 2 heterocycles. The number of halogens is 3. The molecule has 2 atom stereocenters. The second-order valence-corrected chi connectivity index (χ2v) is 15.1. The van der Waals surface area contributed by atoms with Gasteiger partial charge in [0, 0.05) is 43.3 Å². The number of piperidine rings is 1. The van der Waals surface area contributed by atoms with Crippen molar-refractivity contribution in [2.45, 2.75) is 61.9 Å². The molecule has 2 saturated heterocycles. The molecule has 2 aliphatic heterocycles. The predicted molar refractivity (Wildman–Crippen MR) is 174 cm³/mol. The molecule has 1 aliphatic carbocycles. The number of nitrogens with one attached hydrogen (secondary N) is 1. The zero-order chi connectivity index (χ0) is 31.1. The van der Waals surface area contributed by atoms with Gasteiger partial charge in [-0.15, -0.1) is 0 Å². The Morgan fingerprint density at radius 1 is 0.955 bits per heavy atom. The van der Waals surface area contributed by atoms with Crippen LogP contribution in [0.25, 0.3) is 0 Å². The Kier molecular flexibility index (Phi) is 12.3. The molecule has 1 amide bonds. The lowest BCUT2D eigenvalue weighted by molar-refractivity contribution is -0.126. The van der Waals surface area contributed by atoms with Gasteiger partial charge in [0.15, 0.2) is 0 Å². The van der Waals surface area contributed by atoms with E-state index >= 15 is 0 Å². The number of carbonyl (C=O) groups excluding carboxylic acids is 1. The molecule has 0 bridgehead atoms. The summed E-state index contributed by atoms with van der Waals surface area (Å²) in [5, 5.41) is 3.28. The van der Waals surface area contributed by atoms with Crippen molar-refractivity contribution in [3.63, 3.8) is 0 Å². The number of hydrogen-bond donors (Lipinski definition) is 1. The summed E-state index contributed by atoms with van der Waals surface area (Å²) < 4.78 is 39.8. The first-order chi connectivity index (χ1) is 21.2. The number of rotatable bonds is 11. The molecule has 0 radical (unpaired) electrons. The van der Waals surface area contributed by atoms with E-state index in [-0.39, 0.29) is 39.1 Å². The summed E-state index contributed by atoms with van der Waals surface area (Å²) in [7, 11) is -3.98. The first kappa shape index (κ1) is 33.9. The molecule has 12 heteroatoms. The molecule has 2 aromatic rings. The first-order valence-electron chi connectivity index (χ1n) is 15.6. The largest absolute Gasteiger partial charge is 0.379 e. The molecule has 1 N–H and O–H groups in total. The SMILES string of the molecule is O=C(COCC1CCCCN1S(=O)(=O)c1c(Cl)cc(Cl)cc1Cl)NCC1CCC(C(c2ccccc2)N2CCOCC2)CC1. The van der Waals surface area contributed by atoms with Crippen LogP contribution in [0.3, 0.4) is 0 Å². The van der Waals surface area contributed by atoms with E-state index in [4.69, 9.17) is 44.3 Å². The van der Waals surface area contributed by atoms with Gasteiger partial charge in [-0.05, 0) is 68.1 Å². The molecule has 44 heavy (non-hydrogen) atoms. The molecular formula is C32H42Cl3N3O5S. The summed E-state index contributed by atoms with van der Waals surface area (Å²) >= 11 is 18.5. The molecule has 5 rings (SSSR count). The van der Waals surface area contributed by atoms with E-state index in [0.717, 1.165) is 64.8 Å². The van der Waals surface area contributed by atoms with Gasteiger partial charge in [0.2, 0.25) is 15.9 Å². The third-order valence-corrected chi connectivity index (χ3v) is 12.2. The summed E-state index contributed by atoms with van der Waals surface area (Å²) in [5.41, 5.74) is 1.38. The average Bonchev–Trinajstić information content (AvgIpc) is 3.01. The molecule has 2 unspecified atom stereocenters. The number of nitrogens with zero attached hydrogens (tertiary/aromatic N) is 2. The number of carbonyl (C=O) groups is 1. The van der Waals surface area contributed by atoms with Crippen molar-refractivity contribution in [2.75, 3.05) is 52.6 Å². The summed E-state index contributed by atoms with van der Waals surface area (Å²) in [5.74, 6) is 0.832. The molecule has 1 saturated carbocycles. The monoisotopic (exact) mass is 685 g/mol. The van der Waals surface area contributed by atoms with Crippen LogP contribution in [0.2, 0.25) is 15.1 Å². The quantitative estimate of drug-likeness (QED) is 0.303. The van der Waals surface area contributed by atoms with Crippen LogP contribution in [0.15, 0.2) is 47.4 Å². The Labute approximate surface area is 276 Å². The lowest BCUT2D eigenvalue weighted by atomic mass is 9.76. The molecule has 0 spiro atoms. The normalized spacial score (nSPS) is 24.6. The number of sulfonamides is 1. The third-order valence-electron chi connectivity index (χ3n) is 9.15. The maximum atomic E-state index is 13.5. The summed E-state index contributed by atoms with van der Waals surface area (Å²) in [6.07, 6.45) is 6.62. The smallest absolute Gasteiger partial charge is 0.246 e. The van der Waals surface area contributed by atoms with Crippen LogP contribution >= 0.6 is 34.8 Å². The Hall–Kier alpha value is -1.43. The van der Waals surface area contributed by atoms with Gasteiger partial charge in [-0.1, -0.05) is 71.6 Å². The highest BCUT2D eigenvalue weighted by Crippen LogP contribution is 2.40. The second kappa shape index (κ2) is 15.9. The zero-order valence-corrected chi connectivity index (χ0v) is 28.0. The summed E-state index contributed by atoms with van der Waals surface area (Å²) in [6, 6.07) is 13.6. The maximum absolute atomic E-state index is 13.5. The van der Waals surface area contributed by atoms with Crippen molar-refractivity contribution in [2.24, 2.45) is 11.8 Å². The number of ether oxygens (including phenoxy) is 2.